The molecule has 6 heteroatoms. The van der Waals surface area contributed by atoms with Gasteiger partial charge in [0.2, 0.25) is 11.8 Å². The fourth-order valence-corrected chi connectivity index (χ4v) is 5.86. The summed E-state index contributed by atoms with van der Waals surface area (Å²) in [6.45, 7) is 3.30. The van der Waals surface area contributed by atoms with Crippen molar-refractivity contribution in [3.8, 4) is 6.07 Å². The third-order valence-electron chi connectivity index (χ3n) is 7.96. The van der Waals surface area contributed by atoms with Crippen LogP contribution in [-0.4, -0.2) is 42.4 Å². The number of hydrogen-bond donors (Lipinski definition) is 2. The number of anilines is 1. The van der Waals surface area contributed by atoms with Crippen LogP contribution in [0.4, 0.5) is 5.69 Å². The molecule has 2 aliphatic heterocycles. The molecule has 1 aliphatic carbocycles. The molecule has 2 aromatic carbocycles. The lowest BCUT2D eigenvalue weighted by Gasteiger charge is -2.30. The smallest absolute Gasteiger partial charge is 0.228 e. The lowest BCUT2D eigenvalue weighted by Crippen LogP contribution is -2.39. The van der Waals surface area contributed by atoms with Gasteiger partial charge in [0.05, 0.1) is 24.5 Å². The van der Waals surface area contributed by atoms with Crippen LogP contribution in [0.1, 0.15) is 59.9 Å². The minimum atomic E-state index is 0.0217. The molecular formula is C29H34N4O2. The maximum absolute atomic E-state index is 12.6. The van der Waals surface area contributed by atoms with E-state index in [0.717, 1.165) is 73.6 Å². The number of benzene rings is 2. The lowest BCUT2D eigenvalue weighted by atomic mass is 9.84. The van der Waals surface area contributed by atoms with E-state index >= 15 is 0 Å². The van der Waals surface area contributed by atoms with Crippen molar-refractivity contribution in [2.75, 3.05) is 25.0 Å². The molecule has 0 spiro atoms. The maximum Gasteiger partial charge on any atom is 0.228 e. The summed E-state index contributed by atoms with van der Waals surface area (Å²) in [6, 6.07) is 14.5. The van der Waals surface area contributed by atoms with Gasteiger partial charge < -0.3 is 15.5 Å². The van der Waals surface area contributed by atoms with Gasteiger partial charge in [-0.25, -0.2) is 0 Å². The van der Waals surface area contributed by atoms with Crippen LogP contribution in [0.3, 0.4) is 0 Å². The van der Waals surface area contributed by atoms with Crippen molar-refractivity contribution in [2.45, 2.75) is 63.8 Å². The van der Waals surface area contributed by atoms with Crippen molar-refractivity contribution in [3.05, 3.63) is 64.2 Å². The van der Waals surface area contributed by atoms with Crippen LogP contribution in [-0.2, 0) is 35.3 Å². The molecule has 0 aromatic heterocycles. The van der Waals surface area contributed by atoms with Crippen molar-refractivity contribution < 1.29 is 9.59 Å². The van der Waals surface area contributed by atoms with E-state index < -0.39 is 0 Å². The van der Waals surface area contributed by atoms with E-state index in [-0.39, 0.29) is 17.9 Å². The molecule has 1 fully saturated rings. The monoisotopic (exact) mass is 470 g/mol. The van der Waals surface area contributed by atoms with E-state index in [9.17, 15) is 9.59 Å². The van der Waals surface area contributed by atoms with Gasteiger partial charge in [-0.2, -0.15) is 5.26 Å². The highest BCUT2D eigenvalue weighted by atomic mass is 16.2. The first-order chi connectivity index (χ1) is 17.1. The van der Waals surface area contributed by atoms with Crippen molar-refractivity contribution >= 4 is 17.5 Å². The first kappa shape index (κ1) is 23.6. The Morgan fingerprint density at radius 1 is 1.03 bits per heavy atom. The zero-order chi connectivity index (χ0) is 24.2. The Morgan fingerprint density at radius 3 is 2.60 bits per heavy atom. The minimum Gasteiger partial charge on any atom is -0.353 e. The summed E-state index contributed by atoms with van der Waals surface area (Å²) in [4.78, 5) is 26.7. The molecule has 0 saturated heterocycles. The molecule has 0 radical (unpaired) electrons. The highest BCUT2D eigenvalue weighted by Gasteiger charge is 2.24. The van der Waals surface area contributed by atoms with Crippen LogP contribution in [0.25, 0.3) is 0 Å². The Bertz CT molecular complexity index is 1140. The molecule has 2 amide bonds. The Kier molecular flexibility index (Phi) is 7.15. The number of amides is 2. The molecule has 6 nitrogen and oxygen atoms in total. The molecule has 2 aromatic rings. The molecule has 1 saturated carbocycles. The fourth-order valence-electron chi connectivity index (χ4n) is 5.86. The number of carbonyl (C=O) groups is 2. The Balaban J connectivity index is 1.02. The van der Waals surface area contributed by atoms with Gasteiger partial charge in [0.1, 0.15) is 0 Å². The maximum atomic E-state index is 12.6. The highest BCUT2D eigenvalue weighted by molar-refractivity contribution is 5.99. The molecule has 0 atom stereocenters. The number of nitriles is 1. The van der Waals surface area contributed by atoms with Gasteiger partial charge in [0.25, 0.3) is 0 Å². The van der Waals surface area contributed by atoms with E-state index in [2.05, 4.69) is 33.7 Å². The van der Waals surface area contributed by atoms with Crippen molar-refractivity contribution in [2.24, 2.45) is 5.92 Å². The quantitative estimate of drug-likeness (QED) is 0.673. The van der Waals surface area contributed by atoms with Gasteiger partial charge in [-0.05, 0) is 97.9 Å². The second kappa shape index (κ2) is 10.6. The third kappa shape index (κ3) is 5.91. The largest absolute Gasteiger partial charge is 0.353 e. The van der Waals surface area contributed by atoms with Crippen molar-refractivity contribution in [3.63, 3.8) is 0 Å². The molecule has 0 bridgehead atoms. The van der Waals surface area contributed by atoms with Crippen LogP contribution in [0.15, 0.2) is 36.4 Å². The molecule has 5 rings (SSSR count). The summed E-state index contributed by atoms with van der Waals surface area (Å²) in [5.74, 6) is 0.828. The minimum absolute atomic E-state index is 0.0217. The van der Waals surface area contributed by atoms with Crippen molar-refractivity contribution in [1.82, 2.24) is 10.2 Å². The summed E-state index contributed by atoms with van der Waals surface area (Å²) in [5.41, 5.74) is 6.30. The van der Waals surface area contributed by atoms with Crippen molar-refractivity contribution in [1.29, 1.82) is 5.26 Å². The number of fused-ring (bicyclic) bond motifs is 2. The van der Waals surface area contributed by atoms with Crippen LogP contribution >= 0.6 is 0 Å². The summed E-state index contributed by atoms with van der Waals surface area (Å²) in [6.07, 6.45) is 8.57. The molecule has 3 aliphatic rings. The van der Waals surface area contributed by atoms with E-state index in [4.69, 9.17) is 5.26 Å². The first-order valence-electron chi connectivity index (χ1n) is 13.0. The highest BCUT2D eigenvalue weighted by Crippen LogP contribution is 2.28. The third-order valence-corrected chi connectivity index (χ3v) is 7.96. The number of carbonyl (C=O) groups excluding carboxylic acids is 2. The summed E-state index contributed by atoms with van der Waals surface area (Å²) < 4.78 is 0. The number of nitrogens with zero attached hydrogens (tertiary/aromatic N) is 2. The molecule has 2 heterocycles. The van der Waals surface area contributed by atoms with Crippen LogP contribution in [0.2, 0.25) is 0 Å². The van der Waals surface area contributed by atoms with E-state index in [1.54, 1.807) is 0 Å². The zero-order valence-corrected chi connectivity index (χ0v) is 20.3. The van der Waals surface area contributed by atoms with E-state index in [0.29, 0.717) is 12.8 Å². The molecule has 2 N–H and O–H groups in total. The predicted octanol–water partition coefficient (Wildman–Crippen LogP) is 3.76. The van der Waals surface area contributed by atoms with Crippen LogP contribution < -0.4 is 10.6 Å². The Morgan fingerprint density at radius 2 is 1.80 bits per heavy atom. The number of nitrogens with one attached hydrogen (secondary N) is 2. The van der Waals surface area contributed by atoms with E-state index in [1.807, 2.05) is 24.3 Å². The number of rotatable bonds is 6. The fraction of sp³-hybridized carbons (Fsp3) is 0.483. The second-order valence-corrected chi connectivity index (χ2v) is 10.4. The molecule has 35 heavy (non-hydrogen) atoms. The van der Waals surface area contributed by atoms with Crippen LogP contribution in [0.5, 0.6) is 0 Å². The average Bonchev–Trinajstić information content (AvgIpc) is 3.11. The van der Waals surface area contributed by atoms with Crippen LogP contribution in [0, 0.1) is 17.2 Å². The van der Waals surface area contributed by atoms with E-state index in [1.165, 1.54) is 30.4 Å². The molecule has 0 unspecified atom stereocenters. The Labute approximate surface area is 207 Å². The van der Waals surface area contributed by atoms with Gasteiger partial charge in [0.15, 0.2) is 0 Å². The van der Waals surface area contributed by atoms with Gasteiger partial charge in [-0.15, -0.1) is 0 Å². The summed E-state index contributed by atoms with van der Waals surface area (Å²) in [5, 5.41) is 15.3. The second-order valence-electron chi connectivity index (χ2n) is 10.4. The zero-order valence-electron chi connectivity index (χ0n) is 20.3. The number of hydrogen-bond acceptors (Lipinski definition) is 4. The summed E-state index contributed by atoms with van der Waals surface area (Å²) in [7, 11) is 0. The van der Waals surface area contributed by atoms with Gasteiger partial charge in [-0.3, -0.25) is 9.59 Å². The standard InChI is InChI=1S/C29H34N4O2/c30-19-22-2-5-23-10-13-33(14-11-24(23)15-22)12-9-20-3-7-26(8-4-20)31-28(34)17-21-1-6-25-18-29(35)32-27(25)16-21/h1-2,5-6,15-16,20,26H,3-4,7-14,17-18H2,(H,31,34)(H,32,35). The molecule has 182 valence electrons. The van der Waals surface area contributed by atoms with Gasteiger partial charge in [-0.1, -0.05) is 18.2 Å². The SMILES string of the molecule is N#Cc1ccc2c(c1)CCN(CCC1CCC(NC(=O)Cc3ccc4c(c3)NC(=O)C4)CC1)CC2. The average molecular weight is 471 g/mol. The topological polar surface area (TPSA) is 85.2 Å². The van der Waals surface area contributed by atoms with Gasteiger partial charge >= 0.3 is 0 Å². The summed E-state index contributed by atoms with van der Waals surface area (Å²) >= 11 is 0. The first-order valence-corrected chi connectivity index (χ1v) is 13.0. The molecular weight excluding hydrogens is 436 g/mol. The Hall–Kier alpha value is -3.17. The predicted molar refractivity (Wildman–Crippen MR) is 136 cm³/mol. The lowest BCUT2D eigenvalue weighted by molar-refractivity contribution is -0.121. The van der Waals surface area contributed by atoms with Gasteiger partial charge in [0, 0.05) is 24.8 Å². The normalized spacial score (nSPS) is 21.9.